The Hall–Kier alpha value is -3.71. The van der Waals surface area contributed by atoms with Crippen LogP contribution in [0.4, 0.5) is 0 Å². The van der Waals surface area contributed by atoms with E-state index < -0.39 is 0 Å². The molecule has 1 nitrogen and oxygen atoms in total. The number of hydrogen-bond donors (Lipinski definition) is 0. The fourth-order valence-corrected chi connectivity index (χ4v) is 4.11. The summed E-state index contributed by atoms with van der Waals surface area (Å²) in [5, 5.41) is 0. The molecule has 1 aliphatic rings. The van der Waals surface area contributed by atoms with E-state index in [1.807, 2.05) is 6.92 Å². The third-order valence-corrected chi connectivity index (χ3v) is 6.81. The molecule has 0 aliphatic heterocycles. The Morgan fingerprint density at radius 1 is 0.561 bits per heavy atom. The lowest BCUT2D eigenvalue weighted by Gasteiger charge is -2.32. The van der Waals surface area contributed by atoms with Gasteiger partial charge in [-0.05, 0) is 78.4 Å². The van der Waals surface area contributed by atoms with Crippen molar-refractivity contribution in [2.45, 2.75) is 82.1 Å². The van der Waals surface area contributed by atoms with Crippen molar-refractivity contribution < 1.29 is 4.79 Å². The molecule has 0 fully saturated rings. The van der Waals surface area contributed by atoms with Gasteiger partial charge in [0.15, 0.2) is 5.78 Å². The molecule has 0 bridgehead atoms. The van der Waals surface area contributed by atoms with E-state index in [2.05, 4.69) is 172 Å². The Labute approximate surface area is 251 Å². The molecular weight excluding hydrogens is 496 g/mol. The third kappa shape index (κ3) is 15.6. The molecule has 0 aromatic carbocycles. The molecule has 0 saturated heterocycles. The standard InChI is InChI=1S/C40H52O/c1-31(2)17-13-20-34(5)23-15-25-35(6)24-14-21-32(3)18-11-12-19-33(4)22-16-26-36(7)27-28-38-37(8)39(41)29-30-40(38,9)10/h11-28H,29-30H2,1-10H3/b12-11+,20-13-,21-14+,22-16+,25-15+,28-27+,32-18+,33-19+,34-23+,35-24+,36-26+. The highest BCUT2D eigenvalue weighted by Crippen LogP contribution is 2.39. The normalized spacial score (nSPS) is 18.6. The van der Waals surface area contributed by atoms with Crippen LogP contribution in [0.5, 0.6) is 0 Å². The van der Waals surface area contributed by atoms with Gasteiger partial charge in [0.05, 0.1) is 0 Å². The molecule has 1 aliphatic carbocycles. The highest BCUT2D eigenvalue weighted by atomic mass is 16.1. The van der Waals surface area contributed by atoms with Crippen LogP contribution in [-0.4, -0.2) is 5.78 Å². The lowest BCUT2D eigenvalue weighted by Crippen LogP contribution is -2.24. The molecule has 0 N–H and O–H groups in total. The van der Waals surface area contributed by atoms with E-state index in [4.69, 9.17) is 0 Å². The number of carbonyl (C=O) groups excluding carboxylic acids is 1. The lowest BCUT2D eigenvalue weighted by molar-refractivity contribution is -0.116. The number of ketones is 1. The molecule has 1 heteroatoms. The molecule has 218 valence electrons. The minimum atomic E-state index is 0.0476. The van der Waals surface area contributed by atoms with Gasteiger partial charge in [-0.2, -0.15) is 0 Å². The van der Waals surface area contributed by atoms with Gasteiger partial charge in [-0.25, -0.2) is 0 Å². The van der Waals surface area contributed by atoms with Crippen LogP contribution >= 0.6 is 0 Å². The molecule has 0 aromatic heterocycles. The summed E-state index contributed by atoms with van der Waals surface area (Å²) in [6.45, 7) is 21.1. The maximum absolute atomic E-state index is 12.1. The van der Waals surface area contributed by atoms with Gasteiger partial charge < -0.3 is 0 Å². The van der Waals surface area contributed by atoms with E-state index in [1.165, 1.54) is 27.9 Å². The van der Waals surface area contributed by atoms with Gasteiger partial charge in [-0.15, -0.1) is 0 Å². The highest BCUT2D eigenvalue weighted by molar-refractivity contribution is 5.97. The molecule has 0 spiro atoms. The largest absolute Gasteiger partial charge is 0.295 e. The number of allylic oxidation sites excluding steroid dienone is 26. The van der Waals surface area contributed by atoms with Crippen LogP contribution < -0.4 is 0 Å². The summed E-state index contributed by atoms with van der Waals surface area (Å²) in [5.74, 6) is 0.276. The van der Waals surface area contributed by atoms with E-state index in [9.17, 15) is 4.79 Å². The second-order valence-corrected chi connectivity index (χ2v) is 11.8. The average Bonchev–Trinajstić information content (AvgIpc) is 2.88. The molecule has 0 radical (unpaired) electrons. The number of Topliss-reactive ketones (excluding diaryl/α,β-unsaturated/α-hetero) is 1. The summed E-state index contributed by atoms with van der Waals surface area (Å²) >= 11 is 0. The van der Waals surface area contributed by atoms with Crippen molar-refractivity contribution >= 4 is 5.78 Å². The van der Waals surface area contributed by atoms with Gasteiger partial charge in [-0.1, -0.05) is 157 Å². The first kappa shape index (κ1) is 35.3. The fourth-order valence-electron chi connectivity index (χ4n) is 4.11. The zero-order valence-corrected chi connectivity index (χ0v) is 27.2. The lowest BCUT2D eigenvalue weighted by atomic mass is 9.72. The van der Waals surface area contributed by atoms with E-state index in [1.54, 1.807) is 0 Å². The molecule has 0 atom stereocenters. The van der Waals surface area contributed by atoms with Crippen molar-refractivity contribution in [3.8, 4) is 0 Å². The monoisotopic (exact) mass is 548 g/mol. The SMILES string of the molecule is CC(C)=C\C=C/C(C)=C/C=C/C(C)=C/C=C/C(C)=C/C=C/C=C(C)/C=C/C=C(C)/C=C/C1=C(C)C(=O)CCC1(C)C. The molecule has 0 heterocycles. The molecule has 0 aromatic rings. The smallest absolute Gasteiger partial charge is 0.158 e. The topological polar surface area (TPSA) is 17.1 Å². The zero-order valence-electron chi connectivity index (χ0n) is 27.2. The van der Waals surface area contributed by atoms with Gasteiger partial charge >= 0.3 is 0 Å². The highest BCUT2D eigenvalue weighted by Gasteiger charge is 2.30. The molecule has 0 saturated carbocycles. The van der Waals surface area contributed by atoms with Gasteiger partial charge in [0, 0.05) is 6.42 Å². The molecule has 41 heavy (non-hydrogen) atoms. The zero-order chi connectivity index (χ0) is 30.8. The van der Waals surface area contributed by atoms with E-state index in [-0.39, 0.29) is 11.2 Å². The van der Waals surface area contributed by atoms with Crippen molar-refractivity contribution in [1.29, 1.82) is 0 Å². The van der Waals surface area contributed by atoms with Crippen LogP contribution in [0.1, 0.15) is 82.1 Å². The summed E-state index contributed by atoms with van der Waals surface area (Å²) in [4.78, 5) is 12.1. The fraction of sp³-hybridized carbons (Fsp3) is 0.325. The molecule has 0 amide bonds. The predicted molar refractivity (Wildman–Crippen MR) is 184 cm³/mol. The second-order valence-electron chi connectivity index (χ2n) is 11.8. The van der Waals surface area contributed by atoms with Gasteiger partial charge in [0.25, 0.3) is 0 Å². The van der Waals surface area contributed by atoms with Crippen LogP contribution in [0.3, 0.4) is 0 Å². The minimum absolute atomic E-state index is 0.0476. The van der Waals surface area contributed by atoms with Crippen LogP contribution in [-0.2, 0) is 4.79 Å². The van der Waals surface area contributed by atoms with Gasteiger partial charge in [0.1, 0.15) is 0 Å². The van der Waals surface area contributed by atoms with Crippen molar-refractivity contribution in [1.82, 2.24) is 0 Å². The quantitative estimate of drug-likeness (QED) is 0.222. The summed E-state index contributed by atoms with van der Waals surface area (Å²) in [5.41, 5.74) is 9.36. The first-order chi connectivity index (χ1) is 19.3. The van der Waals surface area contributed by atoms with Crippen molar-refractivity contribution in [2.24, 2.45) is 5.41 Å². The van der Waals surface area contributed by atoms with Gasteiger partial charge in [-0.3, -0.25) is 4.79 Å². The van der Waals surface area contributed by atoms with E-state index >= 15 is 0 Å². The van der Waals surface area contributed by atoms with Crippen LogP contribution in [0.15, 0.2) is 154 Å². The summed E-state index contributed by atoms with van der Waals surface area (Å²) in [6, 6.07) is 0. The summed E-state index contributed by atoms with van der Waals surface area (Å²) in [7, 11) is 0. The number of rotatable bonds is 12. The third-order valence-electron chi connectivity index (χ3n) is 6.81. The first-order valence-electron chi connectivity index (χ1n) is 14.6. The Kier molecular flexibility index (Phi) is 16.0. The first-order valence-corrected chi connectivity index (χ1v) is 14.6. The van der Waals surface area contributed by atoms with Crippen molar-refractivity contribution in [3.05, 3.63) is 154 Å². The molecular formula is C40H52O. The van der Waals surface area contributed by atoms with E-state index in [0.717, 1.165) is 23.1 Å². The second kappa shape index (κ2) is 18.6. The van der Waals surface area contributed by atoms with Crippen LogP contribution in [0.25, 0.3) is 0 Å². The van der Waals surface area contributed by atoms with Crippen LogP contribution in [0.2, 0.25) is 0 Å². The predicted octanol–water partition coefficient (Wildman–Crippen LogP) is 11.7. The number of hydrogen-bond acceptors (Lipinski definition) is 1. The Balaban J connectivity index is 2.65. The van der Waals surface area contributed by atoms with E-state index in [0.29, 0.717) is 6.42 Å². The average molecular weight is 549 g/mol. The van der Waals surface area contributed by atoms with Crippen LogP contribution in [0, 0.1) is 5.41 Å². The maximum Gasteiger partial charge on any atom is 0.158 e. The molecule has 1 rings (SSSR count). The Morgan fingerprint density at radius 2 is 0.927 bits per heavy atom. The minimum Gasteiger partial charge on any atom is -0.295 e. The summed E-state index contributed by atoms with van der Waals surface area (Å²) in [6.07, 6.45) is 39.4. The van der Waals surface area contributed by atoms with Crippen molar-refractivity contribution in [2.75, 3.05) is 0 Å². The van der Waals surface area contributed by atoms with Crippen molar-refractivity contribution in [3.63, 3.8) is 0 Å². The maximum atomic E-state index is 12.1. The Morgan fingerprint density at radius 3 is 1.34 bits per heavy atom. The number of carbonyl (C=O) groups is 1. The summed E-state index contributed by atoms with van der Waals surface area (Å²) < 4.78 is 0. The molecule has 0 unspecified atom stereocenters. The Bertz CT molecular complexity index is 1300. The van der Waals surface area contributed by atoms with Gasteiger partial charge in [0.2, 0.25) is 0 Å².